The van der Waals surface area contributed by atoms with Crippen LogP contribution in [0.5, 0.6) is 0 Å². The van der Waals surface area contributed by atoms with Crippen molar-refractivity contribution < 1.29 is 4.79 Å². The van der Waals surface area contributed by atoms with Crippen LogP contribution in [0.25, 0.3) is 0 Å². The second-order valence-corrected chi connectivity index (χ2v) is 5.75. The summed E-state index contributed by atoms with van der Waals surface area (Å²) in [6.07, 6.45) is 0. The van der Waals surface area contributed by atoms with Crippen LogP contribution in [0.3, 0.4) is 0 Å². The van der Waals surface area contributed by atoms with E-state index >= 15 is 0 Å². The molecule has 2 unspecified atom stereocenters. The number of hydrogen-bond acceptors (Lipinski definition) is 2. The van der Waals surface area contributed by atoms with Crippen molar-refractivity contribution in [1.29, 1.82) is 0 Å². The van der Waals surface area contributed by atoms with E-state index in [9.17, 15) is 4.79 Å². The van der Waals surface area contributed by atoms with Crippen molar-refractivity contribution >= 4 is 21.8 Å². The van der Waals surface area contributed by atoms with Crippen molar-refractivity contribution in [2.75, 3.05) is 26.7 Å². The molecule has 88 valence electrons. The van der Waals surface area contributed by atoms with Gasteiger partial charge in [-0.2, -0.15) is 0 Å². The number of nitrogens with zero attached hydrogens (tertiary/aromatic N) is 2. The molecule has 15 heavy (non-hydrogen) atoms. The molecule has 1 heterocycles. The fourth-order valence-corrected chi connectivity index (χ4v) is 2.00. The Labute approximate surface area is 101 Å². The Balaban J connectivity index is 2.54. The van der Waals surface area contributed by atoms with Gasteiger partial charge in [-0.05, 0) is 19.9 Å². The molecule has 1 aliphatic heterocycles. The minimum absolute atomic E-state index is 0.0342. The smallest absolute Gasteiger partial charge is 0.236 e. The third kappa shape index (κ3) is 3.18. The first kappa shape index (κ1) is 13.0. The van der Waals surface area contributed by atoms with E-state index in [1.165, 1.54) is 0 Å². The van der Waals surface area contributed by atoms with Gasteiger partial charge in [-0.15, -0.1) is 0 Å². The normalized spacial score (nSPS) is 25.7. The van der Waals surface area contributed by atoms with Crippen LogP contribution in [0, 0.1) is 5.92 Å². The first-order valence-corrected chi connectivity index (χ1v) is 6.48. The Bertz CT molecular complexity index is 233. The molecule has 3 nitrogen and oxygen atoms in total. The van der Waals surface area contributed by atoms with Gasteiger partial charge in [0.15, 0.2) is 0 Å². The van der Waals surface area contributed by atoms with Crippen molar-refractivity contribution in [2.24, 2.45) is 5.92 Å². The third-order valence-corrected chi connectivity index (χ3v) is 4.54. The Morgan fingerprint density at radius 3 is 2.47 bits per heavy atom. The molecule has 0 radical (unpaired) electrons. The van der Waals surface area contributed by atoms with E-state index in [-0.39, 0.29) is 10.7 Å². The summed E-state index contributed by atoms with van der Waals surface area (Å²) in [5.41, 5.74) is 0. The fourth-order valence-electron chi connectivity index (χ4n) is 1.71. The predicted molar refractivity (Wildman–Crippen MR) is 66.2 cm³/mol. The first-order chi connectivity index (χ1) is 6.93. The quantitative estimate of drug-likeness (QED) is 0.715. The molecule has 4 heteroatoms. The zero-order valence-corrected chi connectivity index (χ0v) is 11.6. The molecule has 1 rings (SSSR count). The molecular formula is C11H21BrN2O. The summed E-state index contributed by atoms with van der Waals surface area (Å²) in [6, 6.07) is 0.467. The van der Waals surface area contributed by atoms with Gasteiger partial charge in [0.1, 0.15) is 0 Å². The predicted octanol–water partition coefficient (Wildman–Crippen LogP) is 1.57. The molecule has 2 atom stereocenters. The van der Waals surface area contributed by atoms with E-state index in [0.717, 1.165) is 19.6 Å². The maximum atomic E-state index is 12.1. The molecule has 1 aliphatic rings. The largest absolute Gasteiger partial charge is 0.339 e. The maximum absolute atomic E-state index is 12.1. The van der Waals surface area contributed by atoms with Gasteiger partial charge in [-0.25, -0.2) is 0 Å². The van der Waals surface area contributed by atoms with Gasteiger partial charge in [0.25, 0.3) is 0 Å². The van der Waals surface area contributed by atoms with Crippen molar-refractivity contribution in [3.8, 4) is 0 Å². The van der Waals surface area contributed by atoms with Crippen LogP contribution in [-0.4, -0.2) is 53.3 Å². The molecule has 0 saturated carbocycles. The van der Waals surface area contributed by atoms with E-state index in [4.69, 9.17) is 0 Å². The fraction of sp³-hybridized carbons (Fsp3) is 0.909. The lowest BCUT2D eigenvalue weighted by atomic mass is 10.1. The second kappa shape index (κ2) is 5.30. The average molecular weight is 277 g/mol. The van der Waals surface area contributed by atoms with Gasteiger partial charge < -0.3 is 9.80 Å². The summed E-state index contributed by atoms with van der Waals surface area (Å²) in [4.78, 5) is 16.3. The second-order valence-electron chi connectivity index (χ2n) is 4.76. The van der Waals surface area contributed by atoms with Crippen LogP contribution in [0.4, 0.5) is 0 Å². The molecule has 0 bridgehead atoms. The van der Waals surface area contributed by atoms with Crippen molar-refractivity contribution in [1.82, 2.24) is 9.80 Å². The van der Waals surface area contributed by atoms with Crippen LogP contribution in [0.1, 0.15) is 20.8 Å². The molecule has 0 aliphatic carbocycles. The van der Waals surface area contributed by atoms with Crippen LogP contribution >= 0.6 is 15.9 Å². The molecule has 0 spiro atoms. The highest BCUT2D eigenvalue weighted by Gasteiger charge is 2.29. The lowest BCUT2D eigenvalue weighted by Gasteiger charge is -2.38. The Morgan fingerprint density at radius 1 is 1.40 bits per heavy atom. The third-order valence-electron chi connectivity index (χ3n) is 3.09. The monoisotopic (exact) mass is 276 g/mol. The number of carbonyl (C=O) groups excluding carboxylic acids is 1. The minimum atomic E-state index is -0.0342. The zero-order chi connectivity index (χ0) is 11.6. The molecule has 1 amide bonds. The number of hydrogen-bond donors (Lipinski definition) is 0. The number of alkyl halides is 1. The number of piperazine rings is 1. The number of likely N-dealkylation sites (N-methyl/N-ethyl adjacent to an activating group) is 1. The minimum Gasteiger partial charge on any atom is -0.339 e. The van der Waals surface area contributed by atoms with Gasteiger partial charge in [0.2, 0.25) is 5.91 Å². The van der Waals surface area contributed by atoms with Crippen molar-refractivity contribution in [2.45, 2.75) is 31.6 Å². The van der Waals surface area contributed by atoms with Gasteiger partial charge in [-0.1, -0.05) is 29.8 Å². The topological polar surface area (TPSA) is 23.6 Å². The van der Waals surface area contributed by atoms with Gasteiger partial charge in [-0.3, -0.25) is 4.79 Å². The number of amides is 1. The van der Waals surface area contributed by atoms with Crippen LogP contribution in [-0.2, 0) is 4.79 Å². The first-order valence-electron chi connectivity index (χ1n) is 5.56. The molecule has 1 saturated heterocycles. The van der Waals surface area contributed by atoms with Gasteiger partial charge >= 0.3 is 0 Å². The van der Waals surface area contributed by atoms with Crippen molar-refractivity contribution in [3.63, 3.8) is 0 Å². The standard InChI is InChI=1S/C11H21BrN2O/c1-8(2)10(12)11(15)14-6-5-13(4)9(3)7-14/h8-10H,5-7H2,1-4H3. The van der Waals surface area contributed by atoms with Crippen LogP contribution in [0.2, 0.25) is 0 Å². The number of rotatable bonds is 2. The number of carbonyl (C=O) groups is 1. The maximum Gasteiger partial charge on any atom is 0.236 e. The molecule has 0 aromatic carbocycles. The summed E-state index contributed by atoms with van der Waals surface area (Å²) < 4.78 is 0. The van der Waals surface area contributed by atoms with E-state index in [1.807, 2.05) is 4.90 Å². The average Bonchev–Trinajstić information content (AvgIpc) is 2.19. The summed E-state index contributed by atoms with van der Waals surface area (Å²) in [6.45, 7) is 8.98. The van der Waals surface area contributed by atoms with E-state index in [2.05, 4.69) is 48.6 Å². The Morgan fingerprint density at radius 2 is 2.00 bits per heavy atom. The molecule has 0 aromatic heterocycles. The molecule has 0 N–H and O–H groups in total. The summed E-state index contributed by atoms with van der Waals surface area (Å²) in [5.74, 6) is 0.595. The SMILES string of the molecule is CC(C)C(Br)C(=O)N1CCN(C)C(C)C1. The van der Waals surface area contributed by atoms with E-state index < -0.39 is 0 Å². The Kier molecular flexibility index (Phi) is 4.59. The van der Waals surface area contributed by atoms with E-state index in [1.54, 1.807) is 0 Å². The van der Waals surface area contributed by atoms with E-state index in [0.29, 0.717) is 12.0 Å². The Hall–Kier alpha value is -0.0900. The van der Waals surface area contributed by atoms with Gasteiger partial charge in [0.05, 0.1) is 4.83 Å². The summed E-state index contributed by atoms with van der Waals surface area (Å²) in [7, 11) is 2.11. The lowest BCUT2D eigenvalue weighted by molar-refractivity contribution is -0.133. The summed E-state index contributed by atoms with van der Waals surface area (Å²) >= 11 is 3.47. The number of halogens is 1. The lowest BCUT2D eigenvalue weighted by Crippen LogP contribution is -2.54. The van der Waals surface area contributed by atoms with Crippen LogP contribution < -0.4 is 0 Å². The summed E-state index contributed by atoms with van der Waals surface area (Å²) in [5, 5.41) is 0. The zero-order valence-electron chi connectivity index (χ0n) is 10.0. The van der Waals surface area contributed by atoms with Crippen molar-refractivity contribution in [3.05, 3.63) is 0 Å². The highest BCUT2D eigenvalue weighted by atomic mass is 79.9. The molecular weight excluding hydrogens is 256 g/mol. The highest BCUT2D eigenvalue weighted by molar-refractivity contribution is 9.10. The van der Waals surface area contributed by atoms with Crippen LogP contribution in [0.15, 0.2) is 0 Å². The molecule has 1 fully saturated rings. The highest BCUT2D eigenvalue weighted by Crippen LogP contribution is 2.17. The molecule has 0 aromatic rings. The van der Waals surface area contributed by atoms with Gasteiger partial charge in [0, 0.05) is 25.7 Å².